The lowest BCUT2D eigenvalue weighted by atomic mass is 10.1. The van der Waals surface area contributed by atoms with Crippen LogP contribution < -0.4 is 0 Å². The van der Waals surface area contributed by atoms with Crippen LogP contribution >= 0.6 is 11.3 Å². The minimum atomic E-state index is -0.217. The molecule has 3 heteroatoms. The molecule has 0 spiro atoms. The fourth-order valence-corrected chi connectivity index (χ4v) is 3.90. The third kappa shape index (κ3) is 1.54. The zero-order valence-electron chi connectivity index (χ0n) is 10.5. The molecule has 0 bridgehead atoms. The highest BCUT2D eigenvalue weighted by atomic mass is 32.1. The summed E-state index contributed by atoms with van der Waals surface area (Å²) >= 11 is 1.24. The second-order valence-electron chi connectivity index (χ2n) is 5.29. The highest BCUT2D eigenvalue weighted by molar-refractivity contribution is 7.25. The summed E-state index contributed by atoms with van der Waals surface area (Å²) in [7, 11) is 0. The van der Waals surface area contributed by atoms with Crippen molar-refractivity contribution in [3.8, 4) is 0 Å². The van der Waals surface area contributed by atoms with Crippen molar-refractivity contribution in [2.24, 2.45) is 0 Å². The van der Waals surface area contributed by atoms with Crippen LogP contribution in [0.5, 0.6) is 0 Å². The first-order chi connectivity index (χ1) is 9.16. The lowest BCUT2D eigenvalue weighted by Gasteiger charge is -2.01. The van der Waals surface area contributed by atoms with Gasteiger partial charge >= 0.3 is 0 Å². The first kappa shape index (κ1) is 11.4. The molecule has 0 amide bonds. The molecule has 0 nitrogen and oxygen atoms in total. The fraction of sp³-hybridized carbons (Fsp3) is 0.250. The number of benzene rings is 2. The largest absolute Gasteiger partial charge is 0.205 e. The van der Waals surface area contributed by atoms with Crippen molar-refractivity contribution in [1.29, 1.82) is 0 Å². The maximum atomic E-state index is 14.5. The Morgan fingerprint density at radius 1 is 0.947 bits per heavy atom. The number of hydrogen-bond acceptors (Lipinski definition) is 1. The smallest absolute Gasteiger partial charge is 0.144 e. The molecule has 19 heavy (non-hydrogen) atoms. The predicted molar refractivity (Wildman–Crippen MR) is 76.0 cm³/mol. The van der Waals surface area contributed by atoms with E-state index in [1.54, 1.807) is 13.0 Å². The second-order valence-corrected chi connectivity index (χ2v) is 6.32. The van der Waals surface area contributed by atoms with E-state index in [-0.39, 0.29) is 11.6 Å². The minimum absolute atomic E-state index is 0.141. The van der Waals surface area contributed by atoms with Gasteiger partial charge in [-0.05, 0) is 36.8 Å². The number of thiophene rings is 1. The van der Waals surface area contributed by atoms with Crippen molar-refractivity contribution in [2.45, 2.75) is 25.7 Å². The average molecular weight is 274 g/mol. The third-order valence-corrected chi connectivity index (χ3v) is 5.14. The maximum absolute atomic E-state index is 14.5. The van der Waals surface area contributed by atoms with E-state index in [4.69, 9.17) is 0 Å². The Hall–Kier alpha value is -1.48. The molecule has 1 aliphatic carbocycles. The number of rotatable bonds is 1. The van der Waals surface area contributed by atoms with Crippen molar-refractivity contribution in [1.82, 2.24) is 0 Å². The van der Waals surface area contributed by atoms with Crippen molar-refractivity contribution < 1.29 is 8.78 Å². The molecule has 0 saturated heterocycles. The van der Waals surface area contributed by atoms with Gasteiger partial charge in [-0.3, -0.25) is 0 Å². The van der Waals surface area contributed by atoms with E-state index in [1.807, 2.05) is 18.2 Å². The van der Waals surface area contributed by atoms with E-state index in [1.165, 1.54) is 11.3 Å². The van der Waals surface area contributed by atoms with Gasteiger partial charge < -0.3 is 0 Å². The Morgan fingerprint density at radius 3 is 2.26 bits per heavy atom. The van der Waals surface area contributed by atoms with Gasteiger partial charge in [0, 0.05) is 10.8 Å². The van der Waals surface area contributed by atoms with Crippen LogP contribution in [0.4, 0.5) is 8.78 Å². The van der Waals surface area contributed by atoms with Crippen LogP contribution in [0.25, 0.3) is 20.2 Å². The summed E-state index contributed by atoms with van der Waals surface area (Å²) in [5, 5.41) is 1.66. The molecule has 2 aromatic carbocycles. The Morgan fingerprint density at radius 2 is 1.58 bits per heavy atom. The SMILES string of the molecule is Cc1ccc2c(sc3c(F)c(C4CC4)ccc32)c1F. The zero-order chi connectivity index (χ0) is 13.1. The quantitative estimate of drug-likeness (QED) is 0.548. The summed E-state index contributed by atoms with van der Waals surface area (Å²) in [5.41, 5.74) is 1.41. The van der Waals surface area contributed by atoms with Gasteiger partial charge in [-0.2, -0.15) is 0 Å². The van der Waals surface area contributed by atoms with Gasteiger partial charge in [0.25, 0.3) is 0 Å². The Balaban J connectivity index is 2.13. The van der Waals surface area contributed by atoms with E-state index in [2.05, 4.69) is 0 Å². The van der Waals surface area contributed by atoms with E-state index in [0.29, 0.717) is 20.9 Å². The second kappa shape index (κ2) is 3.76. The molecule has 3 aromatic rings. The minimum Gasteiger partial charge on any atom is -0.205 e. The predicted octanol–water partition coefficient (Wildman–Crippen LogP) is 5.52. The van der Waals surface area contributed by atoms with Crippen LogP contribution in [-0.4, -0.2) is 0 Å². The summed E-state index contributed by atoms with van der Waals surface area (Å²) in [5.74, 6) is 0.0190. The molecule has 4 rings (SSSR count). The van der Waals surface area contributed by atoms with Crippen molar-refractivity contribution in [3.63, 3.8) is 0 Å². The van der Waals surface area contributed by atoms with Crippen LogP contribution in [0, 0.1) is 18.6 Å². The van der Waals surface area contributed by atoms with Crippen LogP contribution in [0.2, 0.25) is 0 Å². The molecule has 0 aliphatic heterocycles. The van der Waals surface area contributed by atoms with Gasteiger partial charge in [0.05, 0.1) is 9.40 Å². The van der Waals surface area contributed by atoms with Gasteiger partial charge in [-0.1, -0.05) is 24.3 Å². The molecule has 1 saturated carbocycles. The van der Waals surface area contributed by atoms with Gasteiger partial charge in [0.15, 0.2) is 0 Å². The number of halogens is 2. The van der Waals surface area contributed by atoms with E-state index in [9.17, 15) is 8.78 Å². The summed E-state index contributed by atoms with van der Waals surface area (Å²) in [6.45, 7) is 1.74. The van der Waals surface area contributed by atoms with Gasteiger partial charge in [0.1, 0.15) is 11.6 Å². The lowest BCUT2D eigenvalue weighted by Crippen LogP contribution is -1.86. The van der Waals surface area contributed by atoms with Crippen LogP contribution in [0.3, 0.4) is 0 Å². The van der Waals surface area contributed by atoms with Crippen molar-refractivity contribution in [3.05, 3.63) is 47.0 Å². The summed E-state index contributed by atoms with van der Waals surface area (Å²) < 4.78 is 29.8. The summed E-state index contributed by atoms with van der Waals surface area (Å²) in [6.07, 6.45) is 2.14. The topological polar surface area (TPSA) is 0 Å². The van der Waals surface area contributed by atoms with Crippen LogP contribution in [-0.2, 0) is 0 Å². The van der Waals surface area contributed by atoms with Gasteiger partial charge in [-0.25, -0.2) is 8.78 Å². The monoisotopic (exact) mass is 274 g/mol. The first-order valence-electron chi connectivity index (χ1n) is 6.46. The standard InChI is InChI=1S/C16H12F2S/c1-8-2-5-11-12-7-6-10(9-3-4-9)14(18)16(12)19-15(11)13(8)17/h2,5-7,9H,3-4H2,1H3. The highest BCUT2D eigenvalue weighted by Gasteiger charge is 2.28. The Labute approximate surface area is 113 Å². The average Bonchev–Trinajstić information content (AvgIpc) is 3.15. The van der Waals surface area contributed by atoms with E-state index < -0.39 is 0 Å². The molecule has 96 valence electrons. The van der Waals surface area contributed by atoms with Crippen LogP contribution in [0.1, 0.15) is 29.9 Å². The van der Waals surface area contributed by atoms with E-state index in [0.717, 1.165) is 29.2 Å². The van der Waals surface area contributed by atoms with Crippen molar-refractivity contribution >= 4 is 31.5 Å². The lowest BCUT2D eigenvalue weighted by molar-refractivity contribution is 0.625. The zero-order valence-corrected chi connectivity index (χ0v) is 11.3. The molecule has 1 fully saturated rings. The normalized spacial score (nSPS) is 15.5. The molecule has 1 heterocycles. The fourth-order valence-electron chi connectivity index (χ4n) is 2.66. The molecule has 0 atom stereocenters. The molecule has 0 unspecified atom stereocenters. The Bertz CT molecular complexity index is 813. The maximum Gasteiger partial charge on any atom is 0.144 e. The molecular formula is C16H12F2S. The van der Waals surface area contributed by atoms with Gasteiger partial charge in [-0.15, -0.1) is 11.3 Å². The first-order valence-corrected chi connectivity index (χ1v) is 7.28. The highest BCUT2D eigenvalue weighted by Crippen LogP contribution is 2.45. The molecular weight excluding hydrogens is 262 g/mol. The number of fused-ring (bicyclic) bond motifs is 3. The molecule has 0 radical (unpaired) electrons. The summed E-state index contributed by atoms with van der Waals surface area (Å²) in [6, 6.07) is 7.47. The number of hydrogen-bond donors (Lipinski definition) is 0. The van der Waals surface area contributed by atoms with E-state index >= 15 is 0 Å². The molecule has 1 aliphatic rings. The molecule has 0 N–H and O–H groups in total. The van der Waals surface area contributed by atoms with Crippen molar-refractivity contribution in [2.75, 3.05) is 0 Å². The Kier molecular flexibility index (Phi) is 2.25. The summed E-state index contributed by atoms with van der Waals surface area (Å²) in [4.78, 5) is 0. The molecule has 1 aromatic heterocycles. The van der Waals surface area contributed by atoms with Gasteiger partial charge in [0.2, 0.25) is 0 Å². The number of aryl methyl sites for hydroxylation is 1. The third-order valence-electron chi connectivity index (χ3n) is 3.93. The van der Waals surface area contributed by atoms with Crippen LogP contribution in [0.15, 0.2) is 24.3 Å².